The van der Waals surface area contributed by atoms with Gasteiger partial charge >= 0.3 is 0 Å². The summed E-state index contributed by atoms with van der Waals surface area (Å²) in [5.74, 6) is 0.912. The summed E-state index contributed by atoms with van der Waals surface area (Å²) in [4.78, 5) is 0. The lowest BCUT2D eigenvalue weighted by atomic mass is 9.90. The number of hydrogen-bond donors (Lipinski definition) is 1. The molecule has 1 N–H and O–H groups in total. The van der Waals surface area contributed by atoms with Gasteiger partial charge in [0.05, 0.1) is 0 Å². The summed E-state index contributed by atoms with van der Waals surface area (Å²) in [6.45, 7) is 12.9. The molecule has 116 valence electrons. The molecule has 0 aromatic carbocycles. The fraction of sp³-hybridized carbons (Fsp3) is 1.00. The van der Waals surface area contributed by atoms with Crippen LogP contribution in [0.1, 0.15) is 98.8 Å². The molecule has 0 aliphatic rings. The molecular formula is C18H39N. The minimum absolute atomic E-state index is 0.377. The van der Waals surface area contributed by atoms with Crippen molar-refractivity contribution in [3.8, 4) is 0 Å². The molecule has 0 bridgehead atoms. The summed E-state index contributed by atoms with van der Waals surface area (Å²) in [6, 6.07) is 0. The molecule has 0 heterocycles. The van der Waals surface area contributed by atoms with E-state index in [2.05, 4.69) is 39.9 Å². The van der Waals surface area contributed by atoms with E-state index in [-0.39, 0.29) is 0 Å². The van der Waals surface area contributed by atoms with E-state index in [1.165, 1.54) is 70.8 Å². The van der Waals surface area contributed by atoms with Gasteiger partial charge in [-0.1, -0.05) is 72.6 Å². The van der Waals surface area contributed by atoms with Crippen LogP contribution < -0.4 is 5.32 Å². The Bertz CT molecular complexity index is 190. The summed E-state index contributed by atoms with van der Waals surface area (Å²) in [5.41, 5.74) is 0.377. The smallest absolute Gasteiger partial charge is 0.0150 e. The normalized spacial score (nSPS) is 16.3. The molecule has 0 rings (SSSR count). The maximum absolute atomic E-state index is 3.81. The second-order valence-corrected chi connectivity index (χ2v) is 6.66. The van der Waals surface area contributed by atoms with E-state index in [1.807, 2.05) is 0 Å². The van der Waals surface area contributed by atoms with Crippen molar-refractivity contribution in [1.29, 1.82) is 0 Å². The van der Waals surface area contributed by atoms with Crippen molar-refractivity contribution >= 4 is 0 Å². The van der Waals surface area contributed by atoms with Crippen LogP contribution in [-0.2, 0) is 0 Å². The average molecular weight is 270 g/mol. The van der Waals surface area contributed by atoms with Crippen LogP contribution in [0, 0.1) is 5.92 Å². The highest BCUT2D eigenvalue weighted by Crippen LogP contribution is 2.20. The Morgan fingerprint density at radius 2 is 1.68 bits per heavy atom. The second kappa shape index (κ2) is 11.8. The summed E-state index contributed by atoms with van der Waals surface area (Å²) in [7, 11) is 0. The van der Waals surface area contributed by atoms with Gasteiger partial charge in [-0.15, -0.1) is 0 Å². The minimum atomic E-state index is 0.377. The lowest BCUT2D eigenvalue weighted by Gasteiger charge is -2.30. The van der Waals surface area contributed by atoms with Crippen molar-refractivity contribution in [2.24, 2.45) is 5.92 Å². The molecule has 1 nitrogen and oxygen atoms in total. The summed E-state index contributed by atoms with van der Waals surface area (Å²) in [6.07, 6.45) is 13.6. The molecule has 0 aliphatic heterocycles. The third-order valence-electron chi connectivity index (χ3n) is 4.73. The monoisotopic (exact) mass is 269 g/mol. The molecule has 0 aromatic rings. The molecule has 19 heavy (non-hydrogen) atoms. The molecule has 1 heteroatoms. The first-order valence-electron chi connectivity index (χ1n) is 8.83. The van der Waals surface area contributed by atoms with Crippen LogP contribution >= 0.6 is 0 Å². The highest BCUT2D eigenvalue weighted by Gasteiger charge is 2.20. The Labute approximate surface area is 122 Å². The predicted molar refractivity (Wildman–Crippen MR) is 88.8 cm³/mol. The first kappa shape index (κ1) is 19.0. The summed E-state index contributed by atoms with van der Waals surface area (Å²) >= 11 is 0. The standard InChI is InChI=1S/C18H39N/c1-6-9-10-13-16-19-18(5,8-3)15-12-11-14-17(4)7-2/h17,19H,6-16H2,1-5H3/t17-,18?/m0/s1. The van der Waals surface area contributed by atoms with Gasteiger partial charge in [-0.3, -0.25) is 0 Å². The zero-order valence-electron chi connectivity index (χ0n) is 14.4. The van der Waals surface area contributed by atoms with Crippen LogP contribution in [0.2, 0.25) is 0 Å². The SMILES string of the molecule is CCCCCCNC(C)(CC)CCCC[C@@H](C)CC. The molecular weight excluding hydrogens is 230 g/mol. The lowest BCUT2D eigenvalue weighted by molar-refractivity contribution is 0.301. The van der Waals surface area contributed by atoms with Gasteiger partial charge in [-0.05, 0) is 38.6 Å². The van der Waals surface area contributed by atoms with E-state index in [1.54, 1.807) is 0 Å². The summed E-state index contributed by atoms with van der Waals surface area (Å²) < 4.78 is 0. The third-order valence-corrected chi connectivity index (χ3v) is 4.73. The van der Waals surface area contributed by atoms with Crippen molar-refractivity contribution < 1.29 is 0 Å². The molecule has 0 radical (unpaired) electrons. The van der Waals surface area contributed by atoms with Gasteiger partial charge in [-0.25, -0.2) is 0 Å². The van der Waals surface area contributed by atoms with Crippen LogP contribution in [0.4, 0.5) is 0 Å². The van der Waals surface area contributed by atoms with Gasteiger partial charge in [0.1, 0.15) is 0 Å². The zero-order chi connectivity index (χ0) is 14.6. The van der Waals surface area contributed by atoms with Crippen molar-refractivity contribution in [2.45, 2.75) is 104 Å². The zero-order valence-corrected chi connectivity index (χ0v) is 14.4. The van der Waals surface area contributed by atoms with Crippen LogP contribution in [-0.4, -0.2) is 12.1 Å². The Hall–Kier alpha value is -0.0400. The highest BCUT2D eigenvalue weighted by atomic mass is 15.0. The Balaban J connectivity index is 3.70. The van der Waals surface area contributed by atoms with Crippen LogP contribution in [0.15, 0.2) is 0 Å². The van der Waals surface area contributed by atoms with Gasteiger partial charge in [0.25, 0.3) is 0 Å². The number of nitrogens with one attached hydrogen (secondary N) is 1. The van der Waals surface area contributed by atoms with E-state index in [0.717, 1.165) is 5.92 Å². The Kier molecular flexibility index (Phi) is 11.7. The Morgan fingerprint density at radius 3 is 2.26 bits per heavy atom. The topological polar surface area (TPSA) is 12.0 Å². The number of rotatable bonds is 13. The molecule has 0 amide bonds. The van der Waals surface area contributed by atoms with Crippen molar-refractivity contribution in [3.63, 3.8) is 0 Å². The van der Waals surface area contributed by atoms with Crippen LogP contribution in [0.3, 0.4) is 0 Å². The summed E-state index contributed by atoms with van der Waals surface area (Å²) in [5, 5.41) is 3.81. The maximum Gasteiger partial charge on any atom is 0.0150 e. The van der Waals surface area contributed by atoms with Crippen LogP contribution in [0.25, 0.3) is 0 Å². The average Bonchev–Trinajstić information content (AvgIpc) is 2.43. The van der Waals surface area contributed by atoms with Gasteiger partial charge in [0, 0.05) is 5.54 Å². The van der Waals surface area contributed by atoms with Crippen molar-refractivity contribution in [2.75, 3.05) is 6.54 Å². The second-order valence-electron chi connectivity index (χ2n) is 6.66. The molecule has 0 aromatic heterocycles. The number of hydrogen-bond acceptors (Lipinski definition) is 1. The van der Waals surface area contributed by atoms with E-state index in [9.17, 15) is 0 Å². The van der Waals surface area contributed by atoms with E-state index in [4.69, 9.17) is 0 Å². The van der Waals surface area contributed by atoms with Crippen molar-refractivity contribution in [1.82, 2.24) is 5.32 Å². The molecule has 0 fully saturated rings. The van der Waals surface area contributed by atoms with E-state index >= 15 is 0 Å². The van der Waals surface area contributed by atoms with Gasteiger partial charge in [0.2, 0.25) is 0 Å². The maximum atomic E-state index is 3.81. The molecule has 0 saturated carbocycles. The fourth-order valence-corrected chi connectivity index (χ4v) is 2.54. The molecule has 2 atom stereocenters. The predicted octanol–water partition coefficient (Wildman–Crippen LogP) is 5.93. The first-order chi connectivity index (χ1) is 9.08. The minimum Gasteiger partial charge on any atom is -0.312 e. The molecule has 0 aliphatic carbocycles. The van der Waals surface area contributed by atoms with Crippen LogP contribution in [0.5, 0.6) is 0 Å². The van der Waals surface area contributed by atoms with E-state index in [0.29, 0.717) is 5.54 Å². The third kappa shape index (κ3) is 10.4. The quantitative estimate of drug-likeness (QED) is 0.408. The largest absolute Gasteiger partial charge is 0.312 e. The molecule has 0 saturated heterocycles. The lowest BCUT2D eigenvalue weighted by Crippen LogP contribution is -2.42. The van der Waals surface area contributed by atoms with E-state index < -0.39 is 0 Å². The molecule has 0 spiro atoms. The fourth-order valence-electron chi connectivity index (χ4n) is 2.54. The highest BCUT2D eigenvalue weighted by molar-refractivity contribution is 4.81. The molecule has 1 unspecified atom stereocenters. The van der Waals surface area contributed by atoms with Gasteiger partial charge in [0.15, 0.2) is 0 Å². The number of unbranched alkanes of at least 4 members (excludes halogenated alkanes) is 4. The van der Waals surface area contributed by atoms with Gasteiger partial charge in [-0.2, -0.15) is 0 Å². The van der Waals surface area contributed by atoms with Gasteiger partial charge < -0.3 is 5.32 Å². The Morgan fingerprint density at radius 1 is 0.947 bits per heavy atom. The van der Waals surface area contributed by atoms with Crippen molar-refractivity contribution in [3.05, 3.63) is 0 Å². The first-order valence-corrected chi connectivity index (χ1v) is 8.83.